The quantitative estimate of drug-likeness (QED) is 0.573. The average Bonchev–Trinajstić information content (AvgIpc) is 2.83. The Bertz CT molecular complexity index is 770. The molecule has 0 aliphatic heterocycles. The molecular formula is C15H15N4OS+. The summed E-state index contributed by atoms with van der Waals surface area (Å²) in [5, 5.41) is 3.80. The fourth-order valence-corrected chi connectivity index (χ4v) is 2.89. The van der Waals surface area contributed by atoms with Crippen molar-refractivity contribution < 1.29 is 9.36 Å². The zero-order valence-corrected chi connectivity index (χ0v) is 12.4. The van der Waals surface area contributed by atoms with E-state index in [1.807, 2.05) is 31.3 Å². The number of para-hydroxylation sites is 2. The molecule has 0 saturated carbocycles. The minimum atomic E-state index is -0.0372. The number of carbonyl (C=O) groups excluding carboxylic acids is 1. The van der Waals surface area contributed by atoms with Gasteiger partial charge < -0.3 is 5.32 Å². The number of carbonyl (C=O) groups is 1. The van der Waals surface area contributed by atoms with Crippen molar-refractivity contribution in [1.29, 1.82) is 0 Å². The molecule has 21 heavy (non-hydrogen) atoms. The van der Waals surface area contributed by atoms with Gasteiger partial charge in [0, 0.05) is 18.1 Å². The first-order valence-electron chi connectivity index (χ1n) is 6.53. The molecule has 2 N–H and O–H groups in total. The third kappa shape index (κ3) is 3.05. The Morgan fingerprint density at radius 2 is 2.05 bits per heavy atom. The van der Waals surface area contributed by atoms with Gasteiger partial charge in [0.1, 0.15) is 0 Å². The van der Waals surface area contributed by atoms with Crippen molar-refractivity contribution in [2.75, 3.05) is 11.1 Å². The number of H-pyrrole nitrogens is 1. The molecule has 0 fully saturated rings. The summed E-state index contributed by atoms with van der Waals surface area (Å²) in [6.07, 6.45) is 3.31. The van der Waals surface area contributed by atoms with E-state index in [-0.39, 0.29) is 5.91 Å². The van der Waals surface area contributed by atoms with E-state index in [2.05, 4.69) is 19.9 Å². The number of pyridine rings is 1. The number of aromatic nitrogens is 3. The summed E-state index contributed by atoms with van der Waals surface area (Å²) in [7, 11) is 1.99. The Balaban J connectivity index is 1.66. The van der Waals surface area contributed by atoms with Crippen LogP contribution < -0.4 is 9.88 Å². The summed E-state index contributed by atoms with van der Waals surface area (Å²) in [5.41, 5.74) is 2.95. The molecule has 5 nitrogen and oxygen atoms in total. The van der Waals surface area contributed by atoms with E-state index in [0.717, 1.165) is 21.9 Å². The molecule has 0 unspecified atom stereocenters. The van der Waals surface area contributed by atoms with Gasteiger partial charge in [-0.3, -0.25) is 9.78 Å². The number of hydrogen-bond acceptors (Lipinski definition) is 3. The largest absolute Gasteiger partial charge is 0.325 e. The maximum absolute atomic E-state index is 11.9. The molecule has 0 spiro atoms. The number of aryl methyl sites for hydroxylation is 1. The molecule has 3 aromatic rings. The first-order chi connectivity index (χ1) is 10.2. The predicted octanol–water partition coefficient (Wildman–Crippen LogP) is 2.12. The van der Waals surface area contributed by atoms with Crippen LogP contribution in [0.25, 0.3) is 11.0 Å². The molecule has 0 bridgehead atoms. The van der Waals surface area contributed by atoms with Crippen LogP contribution in [-0.4, -0.2) is 21.6 Å². The number of rotatable bonds is 4. The van der Waals surface area contributed by atoms with Crippen LogP contribution >= 0.6 is 11.8 Å². The zero-order chi connectivity index (χ0) is 14.7. The van der Waals surface area contributed by atoms with Crippen molar-refractivity contribution in [2.45, 2.75) is 5.16 Å². The second kappa shape index (κ2) is 5.97. The highest BCUT2D eigenvalue weighted by molar-refractivity contribution is 7.99. The standard InChI is InChI=1S/C15H14N4OS/c1-19-13-5-3-2-4-12(13)18-15(19)21-10-14(20)17-11-6-8-16-9-7-11/h2-9H,10H2,1H3,(H,16,17,20)/p+1. The van der Waals surface area contributed by atoms with E-state index >= 15 is 0 Å². The van der Waals surface area contributed by atoms with Crippen molar-refractivity contribution in [1.82, 2.24) is 9.97 Å². The van der Waals surface area contributed by atoms with Crippen LogP contribution in [0.15, 0.2) is 53.9 Å². The molecule has 0 aliphatic rings. The van der Waals surface area contributed by atoms with Gasteiger partial charge in [0.05, 0.1) is 12.8 Å². The lowest BCUT2D eigenvalue weighted by molar-refractivity contribution is -0.683. The second-order valence-electron chi connectivity index (χ2n) is 4.58. The van der Waals surface area contributed by atoms with Gasteiger partial charge in [0.25, 0.3) is 0 Å². The number of thioether (sulfide) groups is 1. The molecule has 0 aliphatic carbocycles. The highest BCUT2D eigenvalue weighted by Crippen LogP contribution is 2.17. The van der Waals surface area contributed by atoms with Crippen molar-refractivity contribution >= 4 is 34.4 Å². The third-order valence-electron chi connectivity index (χ3n) is 3.12. The van der Waals surface area contributed by atoms with Crippen LogP contribution in [0, 0.1) is 0 Å². The van der Waals surface area contributed by atoms with E-state index in [4.69, 9.17) is 0 Å². The maximum Gasteiger partial charge on any atom is 0.317 e. The normalized spacial score (nSPS) is 10.7. The molecule has 106 valence electrons. The predicted molar refractivity (Wildman–Crippen MR) is 83.1 cm³/mol. The molecule has 1 aromatic carbocycles. The average molecular weight is 299 g/mol. The van der Waals surface area contributed by atoms with Crippen molar-refractivity contribution in [2.24, 2.45) is 7.05 Å². The van der Waals surface area contributed by atoms with Crippen LogP contribution in [0.5, 0.6) is 0 Å². The number of nitrogens with zero attached hydrogens (tertiary/aromatic N) is 2. The van der Waals surface area contributed by atoms with Crippen LogP contribution in [0.2, 0.25) is 0 Å². The lowest BCUT2D eigenvalue weighted by Crippen LogP contribution is -2.29. The Morgan fingerprint density at radius 3 is 2.81 bits per heavy atom. The summed E-state index contributed by atoms with van der Waals surface area (Å²) < 4.78 is 2.06. The lowest BCUT2D eigenvalue weighted by Gasteiger charge is -2.02. The number of benzene rings is 1. The number of aromatic amines is 1. The van der Waals surface area contributed by atoms with Gasteiger partial charge in [-0.25, -0.2) is 9.55 Å². The fourth-order valence-electron chi connectivity index (χ4n) is 2.08. The van der Waals surface area contributed by atoms with Crippen LogP contribution in [0.3, 0.4) is 0 Å². The van der Waals surface area contributed by atoms with E-state index in [1.54, 1.807) is 24.5 Å². The number of hydrogen-bond donors (Lipinski definition) is 2. The zero-order valence-electron chi connectivity index (χ0n) is 11.5. The SMILES string of the molecule is C[n+]1c(SCC(=O)Nc2ccncc2)[nH]c2ccccc21. The summed E-state index contributed by atoms with van der Waals surface area (Å²) in [5.74, 6) is 0.313. The Labute approximate surface area is 126 Å². The second-order valence-corrected chi connectivity index (χ2v) is 5.54. The summed E-state index contributed by atoms with van der Waals surface area (Å²) in [4.78, 5) is 19.2. The molecule has 2 heterocycles. The van der Waals surface area contributed by atoms with Crippen LogP contribution in [0.1, 0.15) is 0 Å². The lowest BCUT2D eigenvalue weighted by atomic mass is 10.3. The molecular weight excluding hydrogens is 284 g/mol. The van der Waals surface area contributed by atoms with Crippen molar-refractivity contribution in [3.63, 3.8) is 0 Å². The highest BCUT2D eigenvalue weighted by atomic mass is 32.2. The first kappa shape index (κ1) is 13.6. The van der Waals surface area contributed by atoms with Crippen molar-refractivity contribution in [3.05, 3.63) is 48.8 Å². The van der Waals surface area contributed by atoms with Crippen LogP contribution in [-0.2, 0) is 11.8 Å². The first-order valence-corrected chi connectivity index (χ1v) is 7.52. The number of amides is 1. The van der Waals surface area contributed by atoms with Gasteiger partial charge in [0.2, 0.25) is 5.91 Å². The summed E-state index contributed by atoms with van der Waals surface area (Å²) in [6.45, 7) is 0. The van der Waals surface area contributed by atoms with E-state index in [1.165, 1.54) is 11.8 Å². The van der Waals surface area contributed by atoms with Gasteiger partial charge in [-0.2, -0.15) is 0 Å². The smallest absolute Gasteiger partial charge is 0.317 e. The van der Waals surface area contributed by atoms with E-state index in [9.17, 15) is 4.79 Å². The highest BCUT2D eigenvalue weighted by Gasteiger charge is 2.16. The van der Waals surface area contributed by atoms with Gasteiger partial charge in [-0.05, 0) is 36.0 Å². The van der Waals surface area contributed by atoms with E-state index in [0.29, 0.717) is 5.75 Å². The van der Waals surface area contributed by atoms with E-state index < -0.39 is 0 Å². The number of imidazole rings is 1. The fraction of sp³-hybridized carbons (Fsp3) is 0.133. The minimum absolute atomic E-state index is 0.0372. The summed E-state index contributed by atoms with van der Waals surface area (Å²) in [6, 6.07) is 11.6. The maximum atomic E-state index is 11.9. The molecule has 3 rings (SSSR count). The van der Waals surface area contributed by atoms with Gasteiger partial charge in [-0.15, -0.1) is 0 Å². The molecule has 1 amide bonds. The Hall–Kier alpha value is -2.34. The molecule has 6 heteroatoms. The number of nitrogens with one attached hydrogen (secondary N) is 2. The minimum Gasteiger partial charge on any atom is -0.325 e. The number of fused-ring (bicyclic) bond motifs is 1. The van der Waals surface area contributed by atoms with Gasteiger partial charge in [-0.1, -0.05) is 12.1 Å². The summed E-state index contributed by atoms with van der Waals surface area (Å²) >= 11 is 1.48. The Morgan fingerprint density at radius 1 is 1.29 bits per heavy atom. The van der Waals surface area contributed by atoms with Crippen molar-refractivity contribution in [3.8, 4) is 0 Å². The van der Waals surface area contributed by atoms with Crippen LogP contribution in [0.4, 0.5) is 5.69 Å². The molecule has 0 saturated heterocycles. The molecule has 0 atom stereocenters. The molecule has 2 aromatic heterocycles. The molecule has 0 radical (unpaired) electrons. The van der Waals surface area contributed by atoms with Gasteiger partial charge >= 0.3 is 5.16 Å². The monoisotopic (exact) mass is 299 g/mol. The third-order valence-corrected chi connectivity index (χ3v) is 4.17. The number of anilines is 1. The van der Waals surface area contributed by atoms with Gasteiger partial charge in [0.15, 0.2) is 11.0 Å². The topological polar surface area (TPSA) is 61.7 Å². The Kier molecular flexibility index (Phi) is 3.87.